The van der Waals surface area contributed by atoms with Crippen LogP contribution in [0.3, 0.4) is 0 Å². The van der Waals surface area contributed by atoms with Crippen molar-refractivity contribution in [1.82, 2.24) is 4.98 Å². The van der Waals surface area contributed by atoms with Crippen LogP contribution in [0.25, 0.3) is 0 Å². The molecule has 0 aliphatic heterocycles. The molecule has 0 bridgehead atoms. The van der Waals surface area contributed by atoms with Crippen LogP contribution in [0.15, 0.2) is 6.20 Å². The summed E-state index contributed by atoms with van der Waals surface area (Å²) in [5.41, 5.74) is 0.0659. The van der Waals surface area contributed by atoms with Gasteiger partial charge >= 0.3 is 5.00 Å². The van der Waals surface area contributed by atoms with E-state index in [2.05, 4.69) is 24.1 Å². The molecule has 0 saturated heterocycles. The van der Waals surface area contributed by atoms with Gasteiger partial charge in [0.05, 0.1) is 4.92 Å². The topological polar surface area (TPSA) is 77.3 Å². The van der Waals surface area contributed by atoms with Crippen LogP contribution in [-0.4, -0.2) is 30.2 Å². The summed E-state index contributed by atoms with van der Waals surface area (Å²) >= 11 is 1.05. The molecule has 1 aromatic heterocycles. The second-order valence-corrected chi connectivity index (χ2v) is 5.53. The van der Waals surface area contributed by atoms with Crippen molar-refractivity contribution in [2.24, 2.45) is 5.41 Å². The van der Waals surface area contributed by atoms with Gasteiger partial charge in [0.2, 0.25) is 0 Å². The number of nitrogens with one attached hydrogen (secondary N) is 1. The molecule has 1 rings (SSSR count). The van der Waals surface area contributed by atoms with Gasteiger partial charge < -0.3 is 10.1 Å². The van der Waals surface area contributed by atoms with Crippen molar-refractivity contribution in [3.8, 4) is 0 Å². The SMILES string of the molecule is COCCC(C)(C)CNc1ncc([N+](=O)[O-])s1. The second kappa shape index (κ2) is 5.92. The third-order valence-corrected chi connectivity index (χ3v) is 3.28. The van der Waals surface area contributed by atoms with Crippen molar-refractivity contribution in [3.63, 3.8) is 0 Å². The molecule has 0 aliphatic carbocycles. The zero-order valence-electron chi connectivity index (χ0n) is 10.2. The van der Waals surface area contributed by atoms with Gasteiger partial charge in [-0.1, -0.05) is 13.8 Å². The lowest BCUT2D eigenvalue weighted by molar-refractivity contribution is -0.380. The number of methoxy groups -OCH3 is 1. The Hall–Kier alpha value is -1.21. The maximum atomic E-state index is 10.5. The Balaban J connectivity index is 2.46. The fourth-order valence-corrected chi connectivity index (χ4v) is 1.84. The number of thiazole rings is 1. The van der Waals surface area contributed by atoms with Crippen molar-refractivity contribution in [2.75, 3.05) is 25.6 Å². The summed E-state index contributed by atoms with van der Waals surface area (Å²) in [4.78, 5) is 14.0. The summed E-state index contributed by atoms with van der Waals surface area (Å²) in [6.45, 7) is 5.63. The van der Waals surface area contributed by atoms with Crippen LogP contribution in [0.2, 0.25) is 0 Å². The highest BCUT2D eigenvalue weighted by molar-refractivity contribution is 7.18. The van der Waals surface area contributed by atoms with Crippen LogP contribution < -0.4 is 5.32 Å². The molecule has 0 amide bonds. The molecule has 0 aliphatic rings. The standard InChI is InChI=1S/C10H17N3O3S/c1-10(2,4-5-16-3)7-12-9-11-6-8(17-9)13(14)15/h6H,4-5,7H2,1-3H3,(H,11,12). The Labute approximate surface area is 104 Å². The van der Waals surface area contributed by atoms with Crippen LogP contribution in [0.4, 0.5) is 10.1 Å². The van der Waals surface area contributed by atoms with Gasteiger partial charge in [-0.2, -0.15) is 0 Å². The molecule has 1 aromatic rings. The Bertz CT molecular complexity index is 379. The van der Waals surface area contributed by atoms with E-state index in [1.165, 1.54) is 6.20 Å². The van der Waals surface area contributed by atoms with Crippen LogP contribution >= 0.6 is 11.3 Å². The molecule has 6 nitrogen and oxygen atoms in total. The normalized spacial score (nSPS) is 11.5. The lowest BCUT2D eigenvalue weighted by Crippen LogP contribution is -2.24. The predicted octanol–water partition coefficient (Wildman–Crippen LogP) is 2.53. The number of ether oxygens (including phenoxy) is 1. The Morgan fingerprint density at radius 1 is 1.65 bits per heavy atom. The van der Waals surface area contributed by atoms with E-state index < -0.39 is 4.92 Å². The summed E-state index contributed by atoms with van der Waals surface area (Å²) in [5.74, 6) is 0. The van der Waals surface area contributed by atoms with E-state index in [4.69, 9.17) is 4.74 Å². The first kappa shape index (κ1) is 13.9. The number of nitro groups is 1. The highest BCUT2D eigenvalue weighted by atomic mass is 32.1. The predicted molar refractivity (Wildman–Crippen MR) is 67.5 cm³/mol. The molecule has 0 saturated carbocycles. The van der Waals surface area contributed by atoms with E-state index >= 15 is 0 Å². The third kappa shape index (κ3) is 4.66. The minimum absolute atomic E-state index is 0.0576. The van der Waals surface area contributed by atoms with Gasteiger partial charge in [0.15, 0.2) is 5.13 Å². The molecule has 0 atom stereocenters. The number of aromatic nitrogens is 1. The van der Waals surface area contributed by atoms with Gasteiger partial charge in [0, 0.05) is 20.3 Å². The second-order valence-electron chi connectivity index (χ2n) is 4.52. The molecule has 7 heteroatoms. The number of hydrogen-bond acceptors (Lipinski definition) is 6. The summed E-state index contributed by atoms with van der Waals surface area (Å²) in [6, 6.07) is 0. The smallest absolute Gasteiger partial charge is 0.345 e. The first-order valence-corrected chi connectivity index (χ1v) is 6.09. The zero-order chi connectivity index (χ0) is 12.9. The molecule has 96 valence electrons. The first-order chi connectivity index (χ1) is 7.94. The maximum absolute atomic E-state index is 10.5. The Kier molecular flexibility index (Phi) is 4.83. The molecule has 17 heavy (non-hydrogen) atoms. The van der Waals surface area contributed by atoms with Gasteiger partial charge in [0.1, 0.15) is 6.20 Å². The van der Waals surface area contributed by atoms with Crippen LogP contribution in [0.1, 0.15) is 20.3 Å². The van der Waals surface area contributed by atoms with Crippen molar-refractivity contribution >= 4 is 21.5 Å². The van der Waals surface area contributed by atoms with E-state index in [0.29, 0.717) is 18.3 Å². The van der Waals surface area contributed by atoms with E-state index in [9.17, 15) is 10.1 Å². The number of rotatable bonds is 7. The van der Waals surface area contributed by atoms with Crippen molar-refractivity contribution in [2.45, 2.75) is 20.3 Å². The molecule has 1 N–H and O–H groups in total. The monoisotopic (exact) mass is 259 g/mol. The molecular weight excluding hydrogens is 242 g/mol. The summed E-state index contributed by atoms with van der Waals surface area (Å²) in [7, 11) is 1.67. The van der Waals surface area contributed by atoms with Gasteiger partial charge in [-0.05, 0) is 23.2 Å². The molecule has 0 fully saturated rings. The molecule has 0 radical (unpaired) electrons. The van der Waals surface area contributed by atoms with Crippen LogP contribution in [0, 0.1) is 15.5 Å². The van der Waals surface area contributed by atoms with Gasteiger partial charge in [-0.3, -0.25) is 10.1 Å². The highest BCUT2D eigenvalue weighted by Crippen LogP contribution is 2.27. The Morgan fingerprint density at radius 2 is 2.35 bits per heavy atom. The molecule has 0 spiro atoms. The minimum Gasteiger partial charge on any atom is -0.385 e. The summed E-state index contributed by atoms with van der Waals surface area (Å²) in [5, 5.41) is 14.2. The first-order valence-electron chi connectivity index (χ1n) is 5.28. The van der Waals surface area contributed by atoms with E-state index in [0.717, 1.165) is 17.8 Å². The lowest BCUT2D eigenvalue weighted by atomic mass is 9.90. The molecule has 0 unspecified atom stereocenters. The lowest BCUT2D eigenvalue weighted by Gasteiger charge is -2.24. The number of anilines is 1. The van der Waals surface area contributed by atoms with Crippen molar-refractivity contribution in [1.29, 1.82) is 0 Å². The maximum Gasteiger partial charge on any atom is 0.345 e. The van der Waals surface area contributed by atoms with Gasteiger partial charge in [-0.15, -0.1) is 0 Å². The summed E-state index contributed by atoms with van der Waals surface area (Å²) in [6.07, 6.45) is 2.19. The average molecular weight is 259 g/mol. The zero-order valence-corrected chi connectivity index (χ0v) is 11.0. The summed E-state index contributed by atoms with van der Waals surface area (Å²) < 4.78 is 5.04. The van der Waals surface area contributed by atoms with Crippen molar-refractivity contribution in [3.05, 3.63) is 16.3 Å². The minimum atomic E-state index is -0.432. The third-order valence-electron chi connectivity index (χ3n) is 2.37. The fourth-order valence-electron chi connectivity index (χ4n) is 1.21. The quantitative estimate of drug-likeness (QED) is 0.601. The Morgan fingerprint density at radius 3 is 2.88 bits per heavy atom. The van der Waals surface area contributed by atoms with Crippen LogP contribution in [-0.2, 0) is 4.74 Å². The molecular formula is C10H17N3O3S. The highest BCUT2D eigenvalue weighted by Gasteiger charge is 2.19. The van der Waals surface area contributed by atoms with Gasteiger partial charge in [-0.25, -0.2) is 4.98 Å². The van der Waals surface area contributed by atoms with E-state index in [1.54, 1.807) is 7.11 Å². The average Bonchev–Trinajstić information content (AvgIpc) is 2.73. The fraction of sp³-hybridized carbons (Fsp3) is 0.700. The van der Waals surface area contributed by atoms with E-state index in [1.807, 2.05) is 0 Å². The van der Waals surface area contributed by atoms with Gasteiger partial charge in [0.25, 0.3) is 0 Å². The number of nitrogens with zero attached hydrogens (tertiary/aromatic N) is 2. The van der Waals surface area contributed by atoms with Crippen LogP contribution in [0.5, 0.6) is 0 Å². The number of hydrogen-bond donors (Lipinski definition) is 1. The largest absolute Gasteiger partial charge is 0.385 e. The van der Waals surface area contributed by atoms with Crippen molar-refractivity contribution < 1.29 is 9.66 Å². The van der Waals surface area contributed by atoms with E-state index in [-0.39, 0.29) is 10.4 Å². The molecule has 1 heterocycles. The molecule has 0 aromatic carbocycles.